The molecule has 1 fully saturated rings. The van der Waals surface area contributed by atoms with Crippen molar-refractivity contribution in [3.63, 3.8) is 0 Å². The summed E-state index contributed by atoms with van der Waals surface area (Å²) < 4.78 is 42.7. The number of alkyl halides is 3. The Morgan fingerprint density at radius 2 is 1.69 bits per heavy atom. The van der Waals surface area contributed by atoms with Gasteiger partial charge in [-0.1, -0.05) is 75.8 Å². The van der Waals surface area contributed by atoms with E-state index in [2.05, 4.69) is 12.3 Å². The van der Waals surface area contributed by atoms with Crippen molar-refractivity contribution in [2.45, 2.75) is 84.4 Å². The van der Waals surface area contributed by atoms with Crippen LogP contribution in [0.1, 0.15) is 82.9 Å². The van der Waals surface area contributed by atoms with E-state index in [9.17, 15) is 18.0 Å². The lowest BCUT2D eigenvalue weighted by Gasteiger charge is -2.30. The number of fused-ring (bicyclic) bond motifs is 1. The summed E-state index contributed by atoms with van der Waals surface area (Å²) in [5.74, 6) is -0.379. The Bertz CT molecular complexity index is 923. The van der Waals surface area contributed by atoms with Crippen LogP contribution in [-0.4, -0.2) is 23.6 Å². The number of benzene rings is 2. The number of carbonyl (C=O) groups is 1. The van der Waals surface area contributed by atoms with Crippen LogP contribution in [0.3, 0.4) is 0 Å². The van der Waals surface area contributed by atoms with Crippen LogP contribution in [0.25, 0.3) is 10.8 Å². The highest BCUT2D eigenvalue weighted by molar-refractivity contribution is 5.87. The standard InChI is InChI=1S/C26H35F3N2O/c1-4-5-6-7-8-9-10-13-19-16-21(17-20-14-11-12-15-22(19)20)23(26(27,28)29)31-18-25(2,3)24(32)30-31/h11-12,14-17,23H,4-10,13,18H2,1-3H3,(H,30,32). The van der Waals surface area contributed by atoms with Crippen molar-refractivity contribution < 1.29 is 18.0 Å². The summed E-state index contributed by atoms with van der Waals surface area (Å²) in [6, 6.07) is 9.10. The molecule has 0 radical (unpaired) electrons. The summed E-state index contributed by atoms with van der Waals surface area (Å²) in [6.45, 7) is 5.54. The largest absolute Gasteiger partial charge is 0.409 e. The van der Waals surface area contributed by atoms with E-state index in [1.807, 2.05) is 24.3 Å². The Balaban J connectivity index is 1.86. The highest BCUT2D eigenvalue weighted by Crippen LogP contribution is 2.42. The lowest BCUT2D eigenvalue weighted by molar-refractivity contribution is -0.191. The van der Waals surface area contributed by atoms with Crippen molar-refractivity contribution in [2.75, 3.05) is 6.54 Å². The fourth-order valence-corrected chi connectivity index (χ4v) is 4.57. The zero-order valence-electron chi connectivity index (χ0n) is 19.4. The molecule has 0 bridgehead atoms. The van der Waals surface area contributed by atoms with Crippen LogP contribution in [0.5, 0.6) is 0 Å². The maximum Gasteiger partial charge on any atom is 0.409 e. The van der Waals surface area contributed by atoms with Gasteiger partial charge in [0.1, 0.15) is 6.04 Å². The number of hydrazine groups is 1. The molecule has 0 aromatic heterocycles. The van der Waals surface area contributed by atoms with Gasteiger partial charge in [-0.25, -0.2) is 5.01 Å². The van der Waals surface area contributed by atoms with Gasteiger partial charge in [-0.15, -0.1) is 0 Å². The van der Waals surface area contributed by atoms with Crippen LogP contribution in [0.2, 0.25) is 0 Å². The third kappa shape index (κ3) is 5.83. The Hall–Kier alpha value is -2.08. The summed E-state index contributed by atoms with van der Waals surface area (Å²) in [7, 11) is 0. The van der Waals surface area contributed by atoms with E-state index in [0.717, 1.165) is 47.0 Å². The van der Waals surface area contributed by atoms with E-state index in [4.69, 9.17) is 0 Å². The molecular weight excluding hydrogens is 413 g/mol. The van der Waals surface area contributed by atoms with Gasteiger partial charge in [-0.05, 0) is 54.7 Å². The second-order valence-electron chi connectivity index (χ2n) is 9.67. The van der Waals surface area contributed by atoms with E-state index >= 15 is 0 Å². The molecule has 0 spiro atoms. The van der Waals surface area contributed by atoms with Crippen molar-refractivity contribution in [3.05, 3.63) is 47.5 Å². The lowest BCUT2D eigenvalue weighted by Crippen LogP contribution is -2.43. The molecule has 1 unspecified atom stereocenters. The Morgan fingerprint density at radius 1 is 1.03 bits per heavy atom. The van der Waals surface area contributed by atoms with Gasteiger partial charge in [-0.3, -0.25) is 10.2 Å². The Kier molecular flexibility index (Phi) is 7.86. The van der Waals surface area contributed by atoms with E-state index < -0.39 is 17.6 Å². The molecule has 0 aliphatic carbocycles. The summed E-state index contributed by atoms with van der Waals surface area (Å²) >= 11 is 0. The van der Waals surface area contributed by atoms with Crippen molar-refractivity contribution in [1.82, 2.24) is 10.4 Å². The Morgan fingerprint density at radius 3 is 2.31 bits per heavy atom. The quantitative estimate of drug-likeness (QED) is 0.393. The maximum absolute atomic E-state index is 14.2. The number of aryl methyl sites for hydroxylation is 1. The summed E-state index contributed by atoms with van der Waals surface area (Å²) in [4.78, 5) is 12.2. The minimum Gasteiger partial charge on any atom is -0.287 e. The topological polar surface area (TPSA) is 32.3 Å². The van der Waals surface area contributed by atoms with Gasteiger partial charge in [0.05, 0.1) is 5.41 Å². The monoisotopic (exact) mass is 448 g/mol. The normalized spacial score (nSPS) is 17.6. The molecule has 0 saturated carbocycles. The van der Waals surface area contributed by atoms with Crippen molar-refractivity contribution in [2.24, 2.45) is 5.41 Å². The molecule has 176 valence electrons. The molecule has 3 rings (SSSR count). The second-order valence-corrected chi connectivity index (χ2v) is 9.67. The first-order valence-corrected chi connectivity index (χ1v) is 11.8. The maximum atomic E-state index is 14.2. The molecule has 2 aromatic rings. The summed E-state index contributed by atoms with van der Waals surface area (Å²) in [6.07, 6.45) is 4.40. The van der Waals surface area contributed by atoms with E-state index in [0.29, 0.717) is 0 Å². The molecule has 1 heterocycles. The molecule has 32 heavy (non-hydrogen) atoms. The molecule has 1 N–H and O–H groups in total. The molecule has 1 amide bonds. The third-order valence-corrected chi connectivity index (χ3v) is 6.38. The molecule has 1 aliphatic rings. The van der Waals surface area contributed by atoms with Gasteiger partial charge in [0.2, 0.25) is 5.91 Å². The van der Waals surface area contributed by atoms with Crippen LogP contribution >= 0.6 is 0 Å². The van der Waals surface area contributed by atoms with E-state index in [1.165, 1.54) is 25.7 Å². The predicted molar refractivity (Wildman–Crippen MR) is 123 cm³/mol. The molecule has 2 aromatic carbocycles. The zero-order valence-corrected chi connectivity index (χ0v) is 19.4. The predicted octanol–water partition coefficient (Wildman–Crippen LogP) is 7.11. The van der Waals surface area contributed by atoms with Crippen LogP contribution in [0.4, 0.5) is 13.2 Å². The number of hydrogen-bond acceptors (Lipinski definition) is 2. The average molecular weight is 449 g/mol. The number of carbonyl (C=O) groups excluding carboxylic acids is 1. The van der Waals surface area contributed by atoms with Crippen molar-refractivity contribution in [1.29, 1.82) is 0 Å². The van der Waals surface area contributed by atoms with Gasteiger partial charge in [0, 0.05) is 6.54 Å². The smallest absolute Gasteiger partial charge is 0.287 e. The molecule has 6 heteroatoms. The molecule has 1 atom stereocenters. The zero-order chi connectivity index (χ0) is 23.4. The van der Waals surface area contributed by atoms with Crippen LogP contribution in [0.15, 0.2) is 36.4 Å². The lowest BCUT2D eigenvalue weighted by atomic mass is 9.92. The van der Waals surface area contributed by atoms with Gasteiger partial charge in [0.15, 0.2) is 0 Å². The first-order chi connectivity index (χ1) is 15.1. The number of rotatable bonds is 10. The first kappa shape index (κ1) is 24.6. The number of halogens is 3. The molecule has 1 aliphatic heterocycles. The van der Waals surface area contributed by atoms with E-state index in [-0.39, 0.29) is 18.0 Å². The highest BCUT2D eigenvalue weighted by Gasteiger charge is 2.51. The van der Waals surface area contributed by atoms with Crippen LogP contribution in [0, 0.1) is 5.41 Å². The summed E-state index contributed by atoms with van der Waals surface area (Å²) in [5, 5.41) is 2.88. The minimum absolute atomic E-state index is 0.00985. The third-order valence-electron chi connectivity index (χ3n) is 6.38. The highest BCUT2D eigenvalue weighted by atomic mass is 19.4. The minimum atomic E-state index is -4.51. The molecule has 3 nitrogen and oxygen atoms in total. The van der Waals surface area contributed by atoms with E-state index in [1.54, 1.807) is 26.0 Å². The molecular formula is C26H35F3N2O. The Labute approximate surface area is 189 Å². The molecule has 1 saturated heterocycles. The second kappa shape index (κ2) is 10.2. The first-order valence-electron chi connectivity index (χ1n) is 11.8. The van der Waals surface area contributed by atoms with Gasteiger partial charge >= 0.3 is 6.18 Å². The number of nitrogens with one attached hydrogen (secondary N) is 1. The van der Waals surface area contributed by atoms with Gasteiger partial charge in [0.25, 0.3) is 0 Å². The van der Waals surface area contributed by atoms with Crippen LogP contribution < -0.4 is 5.43 Å². The number of unbranched alkanes of at least 4 members (excludes halogenated alkanes) is 6. The number of amides is 1. The van der Waals surface area contributed by atoms with Crippen molar-refractivity contribution in [3.8, 4) is 0 Å². The SMILES string of the molecule is CCCCCCCCCc1cc(C(N2CC(C)(C)C(=O)N2)C(F)(F)F)cc2ccccc12. The fraction of sp³-hybridized carbons (Fsp3) is 0.577. The number of nitrogens with zero attached hydrogens (tertiary/aromatic N) is 1. The summed E-state index contributed by atoms with van der Waals surface area (Å²) in [5.41, 5.74) is 2.74. The average Bonchev–Trinajstić information content (AvgIpc) is 2.98. The van der Waals surface area contributed by atoms with Crippen LogP contribution in [-0.2, 0) is 11.2 Å². The fourth-order valence-electron chi connectivity index (χ4n) is 4.57. The van der Waals surface area contributed by atoms with Gasteiger partial charge < -0.3 is 0 Å². The number of hydrogen-bond donors (Lipinski definition) is 1. The van der Waals surface area contributed by atoms with Crippen molar-refractivity contribution >= 4 is 16.7 Å². The van der Waals surface area contributed by atoms with Gasteiger partial charge in [-0.2, -0.15) is 13.2 Å².